The van der Waals surface area contributed by atoms with Crippen molar-refractivity contribution in [2.45, 2.75) is 31.7 Å². The van der Waals surface area contributed by atoms with Gasteiger partial charge in [-0.25, -0.2) is 0 Å². The Bertz CT molecular complexity index is 472. The van der Waals surface area contributed by atoms with Gasteiger partial charge in [-0.15, -0.1) is 0 Å². The third-order valence-corrected chi connectivity index (χ3v) is 4.33. The van der Waals surface area contributed by atoms with E-state index in [0.29, 0.717) is 25.8 Å². The second kappa shape index (κ2) is 6.28. The molecule has 2 rings (SSSR count). The maximum absolute atomic E-state index is 12.7. The molecule has 116 valence electrons. The van der Waals surface area contributed by atoms with E-state index in [9.17, 15) is 19.5 Å². The lowest BCUT2D eigenvalue weighted by atomic mass is 9.82. The van der Waals surface area contributed by atoms with E-state index in [1.54, 1.807) is 19.0 Å². The molecule has 0 aromatic rings. The smallest absolute Gasteiger partial charge is 0.307 e. The zero-order valence-electron chi connectivity index (χ0n) is 12.5. The van der Waals surface area contributed by atoms with E-state index < -0.39 is 23.8 Å². The highest BCUT2D eigenvalue weighted by molar-refractivity contribution is 5.91. The van der Waals surface area contributed by atoms with Crippen LogP contribution in [0.2, 0.25) is 0 Å². The first kappa shape index (κ1) is 15.5. The van der Waals surface area contributed by atoms with Gasteiger partial charge in [0.1, 0.15) is 6.04 Å². The largest absolute Gasteiger partial charge is 0.481 e. The van der Waals surface area contributed by atoms with Crippen LogP contribution in [0, 0.1) is 11.8 Å². The summed E-state index contributed by atoms with van der Waals surface area (Å²) in [6.45, 7) is 0.537. The minimum absolute atomic E-state index is 0.0842. The highest BCUT2D eigenvalue weighted by Gasteiger charge is 2.42. The van der Waals surface area contributed by atoms with Crippen LogP contribution in [-0.2, 0) is 14.4 Å². The fourth-order valence-corrected chi connectivity index (χ4v) is 3.16. The van der Waals surface area contributed by atoms with Gasteiger partial charge in [-0.2, -0.15) is 0 Å². The van der Waals surface area contributed by atoms with E-state index in [4.69, 9.17) is 0 Å². The molecule has 6 nitrogen and oxygen atoms in total. The topological polar surface area (TPSA) is 77.9 Å². The third kappa shape index (κ3) is 3.09. The van der Waals surface area contributed by atoms with Crippen molar-refractivity contribution < 1.29 is 19.5 Å². The van der Waals surface area contributed by atoms with Crippen molar-refractivity contribution >= 4 is 17.8 Å². The van der Waals surface area contributed by atoms with Gasteiger partial charge in [-0.1, -0.05) is 12.2 Å². The molecule has 2 amide bonds. The molecule has 1 saturated heterocycles. The minimum Gasteiger partial charge on any atom is -0.481 e. The summed E-state index contributed by atoms with van der Waals surface area (Å²) in [5.74, 6) is -2.45. The first-order valence-electron chi connectivity index (χ1n) is 7.33. The number of hydrogen-bond acceptors (Lipinski definition) is 3. The van der Waals surface area contributed by atoms with E-state index in [0.717, 1.165) is 6.42 Å². The fraction of sp³-hybridized carbons (Fsp3) is 0.667. The molecule has 1 fully saturated rings. The molecule has 3 atom stereocenters. The summed E-state index contributed by atoms with van der Waals surface area (Å²) in [4.78, 5) is 39.3. The van der Waals surface area contributed by atoms with Gasteiger partial charge in [0.2, 0.25) is 11.8 Å². The number of likely N-dealkylation sites (N-methyl/N-ethyl adjacent to an activating group) is 1. The molecule has 0 saturated carbocycles. The molecule has 1 aliphatic heterocycles. The second-order valence-electron chi connectivity index (χ2n) is 5.92. The summed E-state index contributed by atoms with van der Waals surface area (Å²) in [5, 5.41) is 9.28. The number of nitrogens with zero attached hydrogens (tertiary/aromatic N) is 2. The molecule has 1 N–H and O–H groups in total. The number of allylic oxidation sites excluding steroid dienone is 2. The van der Waals surface area contributed by atoms with Gasteiger partial charge >= 0.3 is 5.97 Å². The number of carbonyl (C=O) groups is 3. The number of carbonyl (C=O) groups excluding carboxylic acids is 2. The summed E-state index contributed by atoms with van der Waals surface area (Å²) in [5.41, 5.74) is 0. The Hall–Kier alpha value is -1.85. The summed E-state index contributed by atoms with van der Waals surface area (Å²) in [6, 6.07) is -0.437. The molecule has 2 aliphatic rings. The molecule has 0 aromatic carbocycles. The van der Waals surface area contributed by atoms with Crippen molar-refractivity contribution in [3.8, 4) is 0 Å². The van der Waals surface area contributed by atoms with Crippen LogP contribution >= 0.6 is 0 Å². The van der Waals surface area contributed by atoms with Crippen LogP contribution in [0.4, 0.5) is 0 Å². The van der Waals surface area contributed by atoms with Gasteiger partial charge in [0.05, 0.1) is 11.8 Å². The van der Waals surface area contributed by atoms with E-state index in [1.165, 1.54) is 4.90 Å². The van der Waals surface area contributed by atoms with Gasteiger partial charge in [0.15, 0.2) is 0 Å². The lowest BCUT2D eigenvalue weighted by Crippen LogP contribution is -2.49. The zero-order chi connectivity index (χ0) is 15.6. The zero-order valence-corrected chi connectivity index (χ0v) is 12.5. The molecular formula is C15H22N2O4. The van der Waals surface area contributed by atoms with Gasteiger partial charge in [-0.05, 0) is 25.7 Å². The fourth-order valence-electron chi connectivity index (χ4n) is 3.16. The first-order chi connectivity index (χ1) is 9.93. The minimum atomic E-state index is -0.938. The van der Waals surface area contributed by atoms with Crippen molar-refractivity contribution in [1.29, 1.82) is 0 Å². The van der Waals surface area contributed by atoms with E-state index in [2.05, 4.69) is 0 Å². The van der Waals surface area contributed by atoms with Crippen molar-refractivity contribution in [3.05, 3.63) is 12.2 Å². The maximum atomic E-state index is 12.7. The summed E-state index contributed by atoms with van der Waals surface area (Å²) in [6.07, 6.45) is 5.94. The number of aliphatic carboxylic acids is 1. The Kier molecular flexibility index (Phi) is 4.65. The number of hydrogen-bond donors (Lipinski definition) is 1. The summed E-state index contributed by atoms with van der Waals surface area (Å²) >= 11 is 0. The quantitative estimate of drug-likeness (QED) is 0.779. The standard InChI is InChI=1S/C15H22N2O4/c1-16(2)14(19)12-8-5-9-17(12)13(18)10-6-3-4-7-11(10)15(20)21/h3-4,10-12H,5-9H2,1-2H3,(H,20,21)/t10-,11+,12?/m1/s1. The van der Waals surface area contributed by atoms with Crippen molar-refractivity contribution in [1.82, 2.24) is 9.80 Å². The molecule has 0 aromatic heterocycles. The van der Waals surface area contributed by atoms with Crippen LogP contribution < -0.4 is 0 Å². The Balaban J connectivity index is 2.16. The lowest BCUT2D eigenvalue weighted by Gasteiger charge is -2.32. The molecule has 6 heteroatoms. The number of amides is 2. The maximum Gasteiger partial charge on any atom is 0.307 e. The van der Waals surface area contributed by atoms with Gasteiger partial charge < -0.3 is 14.9 Å². The average molecular weight is 294 g/mol. The van der Waals surface area contributed by atoms with E-state index in [1.807, 2.05) is 12.2 Å². The molecule has 1 aliphatic carbocycles. The molecule has 0 spiro atoms. The summed E-state index contributed by atoms with van der Waals surface area (Å²) < 4.78 is 0. The van der Waals surface area contributed by atoms with Crippen LogP contribution in [-0.4, -0.2) is 59.4 Å². The third-order valence-electron chi connectivity index (χ3n) is 4.33. The Morgan fingerprint density at radius 3 is 2.33 bits per heavy atom. The normalized spacial score (nSPS) is 28.5. The van der Waals surface area contributed by atoms with Crippen LogP contribution in [0.15, 0.2) is 12.2 Å². The van der Waals surface area contributed by atoms with Crippen LogP contribution in [0.3, 0.4) is 0 Å². The number of rotatable bonds is 3. The second-order valence-corrected chi connectivity index (χ2v) is 5.92. The molecule has 1 unspecified atom stereocenters. The van der Waals surface area contributed by atoms with Crippen LogP contribution in [0.1, 0.15) is 25.7 Å². The Morgan fingerprint density at radius 2 is 1.76 bits per heavy atom. The number of likely N-dealkylation sites (tertiary alicyclic amines) is 1. The predicted molar refractivity (Wildman–Crippen MR) is 76.4 cm³/mol. The number of carboxylic acids is 1. The SMILES string of the molecule is CN(C)C(=O)C1CCCN1C(=O)[C@@H]1CC=CC[C@@H]1C(=O)O. The van der Waals surface area contributed by atoms with E-state index in [-0.39, 0.29) is 11.8 Å². The number of carboxylic acid groups (broad SMARTS) is 1. The van der Waals surface area contributed by atoms with Gasteiger partial charge in [0, 0.05) is 20.6 Å². The van der Waals surface area contributed by atoms with Gasteiger partial charge in [0.25, 0.3) is 0 Å². The van der Waals surface area contributed by atoms with Crippen molar-refractivity contribution in [2.24, 2.45) is 11.8 Å². The Labute approximate surface area is 124 Å². The lowest BCUT2D eigenvalue weighted by molar-refractivity contribution is -0.152. The molecule has 0 bridgehead atoms. The highest BCUT2D eigenvalue weighted by atomic mass is 16.4. The van der Waals surface area contributed by atoms with Crippen molar-refractivity contribution in [2.75, 3.05) is 20.6 Å². The monoisotopic (exact) mass is 294 g/mol. The van der Waals surface area contributed by atoms with Crippen LogP contribution in [0.5, 0.6) is 0 Å². The first-order valence-corrected chi connectivity index (χ1v) is 7.33. The van der Waals surface area contributed by atoms with Crippen molar-refractivity contribution in [3.63, 3.8) is 0 Å². The Morgan fingerprint density at radius 1 is 1.14 bits per heavy atom. The predicted octanol–water partition coefficient (Wildman–Crippen LogP) is 0.733. The molecule has 0 radical (unpaired) electrons. The molecule has 1 heterocycles. The highest BCUT2D eigenvalue weighted by Crippen LogP contribution is 2.30. The van der Waals surface area contributed by atoms with E-state index >= 15 is 0 Å². The average Bonchev–Trinajstić information content (AvgIpc) is 2.94. The summed E-state index contributed by atoms with van der Waals surface area (Å²) in [7, 11) is 3.35. The molecular weight excluding hydrogens is 272 g/mol. The molecule has 21 heavy (non-hydrogen) atoms. The van der Waals surface area contributed by atoms with Gasteiger partial charge in [-0.3, -0.25) is 14.4 Å². The van der Waals surface area contributed by atoms with Crippen LogP contribution in [0.25, 0.3) is 0 Å².